The summed E-state index contributed by atoms with van der Waals surface area (Å²) in [6.45, 7) is 0. The third-order valence-electron chi connectivity index (χ3n) is 19.2. The summed E-state index contributed by atoms with van der Waals surface area (Å²) >= 11 is 0. The van der Waals surface area contributed by atoms with Gasteiger partial charge in [-0.2, -0.15) is 0 Å². The highest BCUT2D eigenvalue weighted by atomic mass is 16.3. The van der Waals surface area contributed by atoms with Crippen molar-refractivity contribution in [2.45, 2.75) is 0 Å². The van der Waals surface area contributed by atoms with Crippen molar-refractivity contribution in [1.29, 1.82) is 0 Å². The highest BCUT2D eigenvalue weighted by molar-refractivity contribution is 6.15. The molecule has 0 amide bonds. The van der Waals surface area contributed by atoms with E-state index in [0.29, 0.717) is 22.8 Å². The number of hydrogen-bond donors (Lipinski definition) is 0. The van der Waals surface area contributed by atoms with E-state index in [1.54, 1.807) is 0 Å². The number of aromatic nitrogens is 6. The van der Waals surface area contributed by atoms with Gasteiger partial charge < -0.3 is 18.0 Å². The largest absolute Gasteiger partial charge is 0.452 e. The van der Waals surface area contributed by atoms with Crippen LogP contribution in [-0.4, -0.2) is 29.1 Å². The first kappa shape index (κ1) is 57.9. The Bertz CT molecular complexity index is 6500. The number of nitrogens with zero attached hydrogens (tertiary/aromatic N) is 6. The van der Waals surface area contributed by atoms with E-state index in [9.17, 15) is 0 Å². The van der Waals surface area contributed by atoms with Crippen LogP contribution >= 0.6 is 0 Å². The van der Waals surface area contributed by atoms with E-state index in [4.69, 9.17) is 28.8 Å². The Labute approximate surface area is 575 Å². The molecule has 0 radical (unpaired) electrons. The van der Waals surface area contributed by atoms with Crippen LogP contribution in [-0.2, 0) is 0 Å². The fourth-order valence-electron chi connectivity index (χ4n) is 14.5. The van der Waals surface area contributed by atoms with Gasteiger partial charge in [0.05, 0.1) is 22.1 Å². The molecule has 0 N–H and O–H groups in total. The Morgan fingerprint density at radius 2 is 0.580 bits per heavy atom. The molecule has 14 aromatic carbocycles. The summed E-state index contributed by atoms with van der Waals surface area (Å²) in [6, 6.07) is 123. The van der Waals surface area contributed by atoms with E-state index in [1.165, 1.54) is 54.7 Å². The molecule has 20 aromatic rings. The van der Waals surface area contributed by atoms with E-state index in [0.717, 1.165) is 111 Å². The zero-order valence-electron chi connectivity index (χ0n) is 54.0. The quantitative estimate of drug-likeness (QED) is 0.136. The SMILES string of the molecule is c1ccc(-c2nc(-c3ccccc3)c3oc4ccc(-c5cccc(-c6ccc7c8ccccc8n(-c8ccccc8)c7c6)c5)cc4c3n2)cc1.c1ccc(-c2nc(-c3ccccc3)c3oc4ccc(-c5cccc(-c6cccc7c8ccccc8n(-c8ccccc8)c67)c5)cc4c3n2)cc1. The van der Waals surface area contributed by atoms with Gasteiger partial charge in [-0.25, -0.2) is 19.9 Å². The number of rotatable bonds is 10. The van der Waals surface area contributed by atoms with E-state index in [1.807, 2.05) is 97.1 Å². The van der Waals surface area contributed by atoms with Crippen molar-refractivity contribution >= 4 is 87.7 Å². The number of furan rings is 2. The molecule has 0 saturated heterocycles. The summed E-state index contributed by atoms with van der Waals surface area (Å²) in [7, 11) is 0. The average Bonchev–Trinajstić information content (AvgIpc) is 1.58. The Kier molecular flexibility index (Phi) is 14.0. The van der Waals surface area contributed by atoms with Gasteiger partial charge in [0, 0.05) is 71.5 Å². The Hall–Kier alpha value is -13.6. The highest BCUT2D eigenvalue weighted by Crippen LogP contribution is 2.44. The predicted octanol–water partition coefficient (Wildman–Crippen LogP) is 24.3. The molecule has 6 aromatic heterocycles. The number of fused-ring (bicyclic) bond motifs is 12. The van der Waals surface area contributed by atoms with Crippen molar-refractivity contribution in [3.63, 3.8) is 0 Å². The van der Waals surface area contributed by atoms with Crippen LogP contribution in [0.4, 0.5) is 0 Å². The van der Waals surface area contributed by atoms with Crippen LogP contribution in [0.5, 0.6) is 0 Å². The fraction of sp³-hybridized carbons (Fsp3) is 0. The van der Waals surface area contributed by atoms with Gasteiger partial charge in [0.2, 0.25) is 0 Å². The van der Waals surface area contributed by atoms with Gasteiger partial charge in [-0.3, -0.25) is 0 Å². The van der Waals surface area contributed by atoms with Gasteiger partial charge in [0.25, 0.3) is 0 Å². The molecule has 468 valence electrons. The standard InChI is InChI=1S/2C46H29N3O/c1-4-14-30(15-5-1)42-45-43(48-46(47-42)31-16-6-2-7-17-31)39-29-33(26-27-41(39)50-45)32-18-12-19-34(28-32)36-23-13-24-38-37-22-10-11-25-40(37)49(44(36)38)35-20-8-3-9-21-35;1-4-13-30(14-5-1)43-45-44(48-46(47-43)31-15-6-2-7-16-31)39-28-34(24-26-42(39)50-45)32-17-12-18-33(27-32)35-23-25-38-37-21-10-11-22-40(37)49(41(38)29-35)36-19-8-3-9-20-36/h2*1-29H. The van der Waals surface area contributed by atoms with Crippen LogP contribution < -0.4 is 0 Å². The summed E-state index contributed by atoms with van der Waals surface area (Å²) in [5, 5.41) is 6.91. The second-order valence-electron chi connectivity index (χ2n) is 25.2. The lowest BCUT2D eigenvalue weighted by Gasteiger charge is -2.12. The molecule has 0 aliphatic carbocycles. The second kappa shape index (κ2) is 24.3. The van der Waals surface area contributed by atoms with Crippen LogP contribution in [0.2, 0.25) is 0 Å². The van der Waals surface area contributed by atoms with Gasteiger partial charge in [0.1, 0.15) is 33.6 Å². The maximum atomic E-state index is 6.52. The first-order valence-electron chi connectivity index (χ1n) is 33.7. The van der Waals surface area contributed by atoms with Crippen LogP contribution in [0.1, 0.15) is 0 Å². The van der Waals surface area contributed by atoms with Gasteiger partial charge in [-0.1, -0.05) is 273 Å². The molecule has 0 unspecified atom stereocenters. The molecule has 8 nitrogen and oxygen atoms in total. The van der Waals surface area contributed by atoms with Crippen molar-refractivity contribution in [2.75, 3.05) is 0 Å². The summed E-state index contributed by atoms with van der Waals surface area (Å²) in [4.78, 5) is 20.2. The molecular weight excluding hydrogens is 1220 g/mol. The van der Waals surface area contributed by atoms with Crippen molar-refractivity contribution in [3.8, 4) is 101 Å². The predicted molar refractivity (Wildman–Crippen MR) is 411 cm³/mol. The summed E-state index contributed by atoms with van der Waals surface area (Å²) in [6.07, 6.45) is 0. The first-order valence-corrected chi connectivity index (χ1v) is 33.7. The number of para-hydroxylation sites is 5. The zero-order valence-corrected chi connectivity index (χ0v) is 54.0. The van der Waals surface area contributed by atoms with E-state index in [-0.39, 0.29) is 0 Å². The average molecular weight is 1280 g/mol. The second-order valence-corrected chi connectivity index (χ2v) is 25.2. The molecule has 0 atom stereocenters. The zero-order chi connectivity index (χ0) is 66.0. The Morgan fingerprint density at radius 1 is 0.220 bits per heavy atom. The van der Waals surface area contributed by atoms with Crippen LogP contribution in [0.3, 0.4) is 0 Å². The summed E-state index contributed by atoms with van der Waals surface area (Å²) in [5.74, 6) is 1.35. The maximum Gasteiger partial charge on any atom is 0.180 e. The minimum atomic E-state index is 0.675. The molecule has 100 heavy (non-hydrogen) atoms. The molecule has 0 aliphatic heterocycles. The molecule has 0 saturated carbocycles. The topological polar surface area (TPSA) is 87.7 Å². The monoisotopic (exact) mass is 1280 g/mol. The molecule has 8 heteroatoms. The summed E-state index contributed by atoms with van der Waals surface area (Å²) < 4.78 is 17.8. The molecule has 6 heterocycles. The van der Waals surface area contributed by atoms with Crippen molar-refractivity contribution in [3.05, 3.63) is 352 Å². The normalized spacial score (nSPS) is 11.6. The third kappa shape index (κ3) is 10.1. The Morgan fingerprint density at radius 3 is 1.10 bits per heavy atom. The minimum Gasteiger partial charge on any atom is -0.452 e. The molecule has 0 bridgehead atoms. The number of hydrogen-bond acceptors (Lipinski definition) is 6. The van der Waals surface area contributed by atoms with Crippen molar-refractivity contribution in [1.82, 2.24) is 29.1 Å². The van der Waals surface area contributed by atoms with Crippen molar-refractivity contribution < 1.29 is 8.83 Å². The van der Waals surface area contributed by atoms with Gasteiger partial charge in [-0.05, 0) is 118 Å². The molecule has 20 rings (SSSR count). The third-order valence-corrected chi connectivity index (χ3v) is 19.2. The Balaban J connectivity index is 0.000000139. The molecule has 0 fully saturated rings. The van der Waals surface area contributed by atoms with Crippen LogP contribution in [0, 0.1) is 0 Å². The molecule has 0 spiro atoms. The van der Waals surface area contributed by atoms with E-state index >= 15 is 0 Å². The van der Waals surface area contributed by atoms with Gasteiger partial charge >= 0.3 is 0 Å². The summed E-state index contributed by atoms with van der Waals surface area (Å²) in [5.41, 5.74) is 26.3. The van der Waals surface area contributed by atoms with Crippen LogP contribution in [0.25, 0.3) is 189 Å². The van der Waals surface area contributed by atoms with Crippen molar-refractivity contribution in [2.24, 2.45) is 0 Å². The lowest BCUT2D eigenvalue weighted by Crippen LogP contribution is -1.95. The molecular formula is C92H58N6O2. The van der Waals surface area contributed by atoms with E-state index in [2.05, 4.69) is 264 Å². The van der Waals surface area contributed by atoms with Gasteiger partial charge in [-0.15, -0.1) is 0 Å². The lowest BCUT2D eigenvalue weighted by atomic mass is 9.96. The maximum absolute atomic E-state index is 6.52. The highest BCUT2D eigenvalue weighted by Gasteiger charge is 2.23. The molecule has 0 aliphatic rings. The minimum absolute atomic E-state index is 0.675. The number of benzene rings is 14. The van der Waals surface area contributed by atoms with Gasteiger partial charge in [0.15, 0.2) is 22.8 Å². The fourth-order valence-corrected chi connectivity index (χ4v) is 14.5. The first-order chi connectivity index (χ1) is 49.6. The van der Waals surface area contributed by atoms with E-state index < -0.39 is 0 Å². The lowest BCUT2D eigenvalue weighted by molar-refractivity contribution is 0.667. The van der Waals surface area contributed by atoms with Crippen LogP contribution in [0.15, 0.2) is 361 Å². The smallest absolute Gasteiger partial charge is 0.180 e.